The number of aryl methyl sites for hydroxylation is 2. The zero-order valence-corrected chi connectivity index (χ0v) is 16.5. The Balaban J connectivity index is 1.55. The fraction of sp³-hybridized carbons (Fsp3) is 0.150. The second-order valence-corrected chi connectivity index (χ2v) is 7.31. The van der Waals surface area contributed by atoms with Crippen molar-refractivity contribution in [2.75, 3.05) is 0 Å². The van der Waals surface area contributed by atoms with Gasteiger partial charge in [0.15, 0.2) is 11.2 Å². The van der Waals surface area contributed by atoms with Gasteiger partial charge in [0.05, 0.1) is 17.8 Å². The van der Waals surface area contributed by atoms with E-state index < -0.39 is 0 Å². The maximum Gasteiger partial charge on any atom is 0.280 e. The first-order valence-corrected chi connectivity index (χ1v) is 9.39. The Bertz CT molecular complexity index is 1430. The van der Waals surface area contributed by atoms with Crippen molar-refractivity contribution >= 4 is 28.3 Å². The quantitative estimate of drug-likeness (QED) is 0.497. The third kappa shape index (κ3) is 2.98. The molecule has 9 heteroatoms. The fourth-order valence-corrected chi connectivity index (χ4v) is 3.55. The highest BCUT2D eigenvalue weighted by molar-refractivity contribution is 6.30. The number of benzene rings is 1. The van der Waals surface area contributed by atoms with Crippen LogP contribution < -0.4 is 5.56 Å². The van der Waals surface area contributed by atoms with Gasteiger partial charge in [0.1, 0.15) is 18.5 Å². The molecule has 1 aromatic carbocycles. The topological polar surface area (TPSA) is 93.8 Å². The highest BCUT2D eigenvalue weighted by atomic mass is 35.5. The molecule has 1 N–H and O–H groups in total. The summed E-state index contributed by atoms with van der Waals surface area (Å²) in [5.74, 6) is 0.630. The molecule has 29 heavy (non-hydrogen) atoms. The number of nitrogens with zero attached hydrogens (tertiary/aromatic N) is 6. The normalized spacial score (nSPS) is 11.6. The van der Waals surface area contributed by atoms with E-state index in [4.69, 9.17) is 11.6 Å². The second-order valence-electron chi connectivity index (χ2n) is 6.87. The molecule has 5 aromatic rings. The Morgan fingerprint density at radius 3 is 2.66 bits per heavy atom. The summed E-state index contributed by atoms with van der Waals surface area (Å²) in [7, 11) is 0. The van der Waals surface area contributed by atoms with Gasteiger partial charge in [-0.15, -0.1) is 0 Å². The minimum atomic E-state index is -0.165. The van der Waals surface area contributed by atoms with E-state index in [1.807, 2.05) is 37.3 Å². The Hall–Kier alpha value is -3.52. The monoisotopic (exact) mass is 405 g/mol. The first kappa shape index (κ1) is 17.6. The molecule has 0 amide bonds. The van der Waals surface area contributed by atoms with Crippen LogP contribution in [0, 0.1) is 13.8 Å². The van der Waals surface area contributed by atoms with Gasteiger partial charge in [0.2, 0.25) is 0 Å². The van der Waals surface area contributed by atoms with Crippen LogP contribution >= 0.6 is 11.6 Å². The highest BCUT2D eigenvalue weighted by Crippen LogP contribution is 2.26. The predicted molar refractivity (Wildman–Crippen MR) is 110 cm³/mol. The Morgan fingerprint density at radius 1 is 1.07 bits per heavy atom. The lowest BCUT2D eigenvalue weighted by atomic mass is 10.0. The van der Waals surface area contributed by atoms with Gasteiger partial charge in [0, 0.05) is 16.3 Å². The molecule has 8 nitrogen and oxygen atoms in total. The van der Waals surface area contributed by atoms with Gasteiger partial charge in [-0.3, -0.25) is 9.36 Å². The summed E-state index contributed by atoms with van der Waals surface area (Å²) in [5.41, 5.74) is 5.25. The summed E-state index contributed by atoms with van der Waals surface area (Å²) in [6.45, 7) is 4.00. The van der Waals surface area contributed by atoms with E-state index in [0.717, 1.165) is 22.3 Å². The summed E-state index contributed by atoms with van der Waals surface area (Å²) in [6, 6.07) is 9.65. The van der Waals surface area contributed by atoms with Gasteiger partial charge < -0.3 is 4.98 Å². The second kappa shape index (κ2) is 6.52. The van der Waals surface area contributed by atoms with Crippen LogP contribution in [0.2, 0.25) is 5.02 Å². The molecule has 0 aliphatic heterocycles. The number of pyridine rings is 1. The third-order valence-electron chi connectivity index (χ3n) is 4.90. The highest BCUT2D eigenvalue weighted by Gasteiger charge is 2.13. The lowest BCUT2D eigenvalue weighted by molar-refractivity contribution is 0.681. The molecule has 0 saturated carbocycles. The largest absolute Gasteiger partial charge is 0.339 e. The molecule has 0 radical (unpaired) electrons. The van der Waals surface area contributed by atoms with E-state index in [-0.39, 0.29) is 12.1 Å². The van der Waals surface area contributed by atoms with Crippen molar-refractivity contribution in [2.45, 2.75) is 20.4 Å². The molecule has 0 aliphatic rings. The minimum absolute atomic E-state index is 0.165. The van der Waals surface area contributed by atoms with Crippen molar-refractivity contribution in [1.29, 1.82) is 0 Å². The number of aromatic amines is 1. The maximum absolute atomic E-state index is 12.7. The molecule has 0 fully saturated rings. The molecule has 0 spiro atoms. The molecule has 5 rings (SSSR count). The van der Waals surface area contributed by atoms with Crippen molar-refractivity contribution in [1.82, 2.24) is 34.1 Å². The smallest absolute Gasteiger partial charge is 0.280 e. The first-order chi connectivity index (χ1) is 14.0. The third-order valence-corrected chi connectivity index (χ3v) is 5.15. The number of halogens is 1. The van der Waals surface area contributed by atoms with E-state index in [1.54, 1.807) is 6.92 Å². The van der Waals surface area contributed by atoms with Crippen LogP contribution in [0.4, 0.5) is 0 Å². The van der Waals surface area contributed by atoms with Gasteiger partial charge in [-0.25, -0.2) is 19.5 Å². The average molecular weight is 406 g/mol. The minimum Gasteiger partial charge on any atom is -0.339 e. The Morgan fingerprint density at radius 2 is 1.86 bits per heavy atom. The van der Waals surface area contributed by atoms with Crippen LogP contribution in [0.25, 0.3) is 27.8 Å². The number of H-pyrrole nitrogens is 1. The lowest BCUT2D eigenvalue weighted by Crippen LogP contribution is -2.24. The summed E-state index contributed by atoms with van der Waals surface area (Å²) >= 11 is 6.00. The number of aromatic nitrogens is 7. The zero-order chi connectivity index (χ0) is 20.1. The van der Waals surface area contributed by atoms with Crippen LogP contribution in [-0.2, 0) is 6.54 Å². The standard InChI is InChI=1S/C20H16ClN7O/c1-11-15(13-3-5-14(21)6-4-13)7-16-19(24-11)26-17(25-16)8-27-10-23-28-9-22-12(2)18(28)20(27)29/h3-7,9-10H,8H2,1-2H3,(H,24,25,26). The molecule has 0 bridgehead atoms. The number of hydrogen-bond donors (Lipinski definition) is 1. The molecule has 4 aromatic heterocycles. The summed E-state index contributed by atoms with van der Waals surface area (Å²) in [5, 5.41) is 4.93. The van der Waals surface area contributed by atoms with Crippen LogP contribution in [0.15, 0.2) is 47.8 Å². The van der Waals surface area contributed by atoms with Gasteiger partial charge in [-0.1, -0.05) is 23.7 Å². The van der Waals surface area contributed by atoms with Gasteiger partial charge in [-0.2, -0.15) is 5.10 Å². The molecule has 0 unspecified atom stereocenters. The molecule has 4 heterocycles. The SMILES string of the molecule is Cc1nc2nc(Cn3cnn4cnc(C)c4c3=O)[nH]c2cc1-c1ccc(Cl)cc1. The van der Waals surface area contributed by atoms with Gasteiger partial charge >= 0.3 is 0 Å². The van der Waals surface area contributed by atoms with Crippen LogP contribution in [0.3, 0.4) is 0 Å². The average Bonchev–Trinajstić information content (AvgIpc) is 3.27. The maximum atomic E-state index is 12.7. The van der Waals surface area contributed by atoms with E-state index in [2.05, 4.69) is 25.0 Å². The van der Waals surface area contributed by atoms with E-state index in [0.29, 0.717) is 27.7 Å². The number of imidazole rings is 2. The first-order valence-electron chi connectivity index (χ1n) is 9.01. The summed E-state index contributed by atoms with van der Waals surface area (Å²) in [6.07, 6.45) is 3.02. The number of nitrogens with one attached hydrogen (secondary N) is 1. The van der Waals surface area contributed by atoms with Crippen molar-refractivity contribution in [3.8, 4) is 11.1 Å². The van der Waals surface area contributed by atoms with Crippen LogP contribution in [-0.4, -0.2) is 34.1 Å². The lowest BCUT2D eigenvalue weighted by Gasteiger charge is -2.05. The van der Waals surface area contributed by atoms with Crippen molar-refractivity contribution in [2.24, 2.45) is 0 Å². The van der Waals surface area contributed by atoms with Gasteiger partial charge in [0.25, 0.3) is 5.56 Å². The van der Waals surface area contributed by atoms with Crippen LogP contribution in [0.5, 0.6) is 0 Å². The van der Waals surface area contributed by atoms with Crippen molar-refractivity contribution in [3.63, 3.8) is 0 Å². The zero-order valence-electron chi connectivity index (χ0n) is 15.7. The Labute approximate surface area is 169 Å². The molecular formula is C20H16ClN7O. The van der Waals surface area contributed by atoms with Crippen molar-refractivity contribution in [3.05, 3.63) is 75.6 Å². The van der Waals surface area contributed by atoms with Crippen molar-refractivity contribution < 1.29 is 0 Å². The molecule has 0 atom stereocenters. The molecule has 0 saturated heterocycles. The Kier molecular flexibility index (Phi) is 3.95. The van der Waals surface area contributed by atoms with Crippen LogP contribution in [0.1, 0.15) is 17.2 Å². The number of fused-ring (bicyclic) bond motifs is 2. The molecular weight excluding hydrogens is 390 g/mol. The predicted octanol–water partition coefficient (Wildman–Crippen LogP) is 3.15. The number of rotatable bonds is 3. The fourth-order valence-electron chi connectivity index (χ4n) is 3.42. The molecule has 144 valence electrons. The number of hydrogen-bond acceptors (Lipinski definition) is 5. The summed E-state index contributed by atoms with van der Waals surface area (Å²) in [4.78, 5) is 29.3. The molecule has 0 aliphatic carbocycles. The van der Waals surface area contributed by atoms with E-state index in [1.165, 1.54) is 21.7 Å². The van der Waals surface area contributed by atoms with Gasteiger partial charge in [-0.05, 0) is 37.6 Å². The summed E-state index contributed by atoms with van der Waals surface area (Å²) < 4.78 is 2.99. The van der Waals surface area contributed by atoms with E-state index in [9.17, 15) is 4.79 Å². The van der Waals surface area contributed by atoms with E-state index >= 15 is 0 Å².